The number of nitrogens with one attached hydrogen (secondary N) is 2. The molecule has 1 amide bonds. The molecule has 0 aliphatic heterocycles. The number of anilines is 2. The molecule has 3 aromatic carbocycles. The van der Waals surface area contributed by atoms with Gasteiger partial charge in [0.25, 0.3) is 0 Å². The van der Waals surface area contributed by atoms with Crippen LogP contribution in [0.2, 0.25) is 10.0 Å². The minimum absolute atomic E-state index is 0.0159. The SMILES string of the molecule is CCOc1cc(CNc2cccc(NC(=O)CC(C)C)c2)ccc1OCc1c(Cl)cccc1Cl. The summed E-state index contributed by atoms with van der Waals surface area (Å²) in [5.41, 5.74) is 3.45. The molecule has 0 fully saturated rings. The van der Waals surface area contributed by atoms with E-state index in [0.717, 1.165) is 22.5 Å². The molecule has 3 aromatic rings. The molecule has 0 atom stereocenters. The van der Waals surface area contributed by atoms with E-state index in [1.165, 1.54) is 0 Å². The van der Waals surface area contributed by atoms with Crippen LogP contribution in [0.4, 0.5) is 11.4 Å². The Hall–Kier alpha value is -2.89. The lowest BCUT2D eigenvalue weighted by Crippen LogP contribution is -2.13. The number of benzene rings is 3. The van der Waals surface area contributed by atoms with Crippen molar-refractivity contribution in [2.75, 3.05) is 17.2 Å². The number of ether oxygens (including phenoxy) is 2. The molecule has 0 unspecified atom stereocenters. The molecule has 0 radical (unpaired) electrons. The molecule has 3 rings (SSSR count). The molecule has 5 nitrogen and oxygen atoms in total. The van der Waals surface area contributed by atoms with Gasteiger partial charge in [-0.1, -0.05) is 55.2 Å². The Morgan fingerprint density at radius 3 is 2.32 bits per heavy atom. The van der Waals surface area contributed by atoms with Crippen LogP contribution in [0.3, 0.4) is 0 Å². The second-order valence-corrected chi connectivity index (χ2v) is 9.10. The highest BCUT2D eigenvalue weighted by Gasteiger charge is 2.11. The van der Waals surface area contributed by atoms with Crippen molar-refractivity contribution in [2.45, 2.75) is 40.3 Å². The molecule has 7 heteroatoms. The van der Waals surface area contributed by atoms with Crippen LogP contribution in [0.1, 0.15) is 38.3 Å². The van der Waals surface area contributed by atoms with Gasteiger partial charge in [-0.15, -0.1) is 0 Å². The zero-order valence-corrected chi connectivity index (χ0v) is 21.2. The minimum atomic E-state index is 0.0159. The summed E-state index contributed by atoms with van der Waals surface area (Å²) >= 11 is 12.5. The lowest BCUT2D eigenvalue weighted by molar-refractivity contribution is -0.116. The number of halogens is 2. The van der Waals surface area contributed by atoms with E-state index in [2.05, 4.69) is 10.6 Å². The summed E-state index contributed by atoms with van der Waals surface area (Å²) in [5.74, 6) is 1.60. The summed E-state index contributed by atoms with van der Waals surface area (Å²) < 4.78 is 11.8. The van der Waals surface area contributed by atoms with Crippen molar-refractivity contribution in [2.24, 2.45) is 5.92 Å². The van der Waals surface area contributed by atoms with Crippen LogP contribution in [0, 0.1) is 5.92 Å². The maximum absolute atomic E-state index is 12.1. The molecule has 2 N–H and O–H groups in total. The average molecular weight is 501 g/mol. The second-order valence-electron chi connectivity index (χ2n) is 8.28. The molecule has 0 aliphatic carbocycles. The smallest absolute Gasteiger partial charge is 0.224 e. The van der Waals surface area contributed by atoms with Gasteiger partial charge < -0.3 is 20.1 Å². The summed E-state index contributed by atoms with van der Waals surface area (Å²) in [6.45, 7) is 7.31. The van der Waals surface area contributed by atoms with Gasteiger partial charge in [0.1, 0.15) is 6.61 Å². The molecular weight excluding hydrogens is 471 g/mol. The van der Waals surface area contributed by atoms with Crippen LogP contribution in [0.15, 0.2) is 60.7 Å². The fourth-order valence-corrected chi connectivity index (χ4v) is 3.87. The summed E-state index contributed by atoms with van der Waals surface area (Å²) in [6.07, 6.45) is 0.495. The third kappa shape index (κ3) is 7.57. The fourth-order valence-electron chi connectivity index (χ4n) is 3.36. The molecule has 0 aliphatic rings. The first kappa shape index (κ1) is 25.7. The van der Waals surface area contributed by atoms with Gasteiger partial charge in [-0.3, -0.25) is 4.79 Å². The first-order chi connectivity index (χ1) is 16.4. The zero-order chi connectivity index (χ0) is 24.5. The third-order valence-corrected chi connectivity index (χ3v) is 5.69. The van der Waals surface area contributed by atoms with E-state index < -0.39 is 0 Å². The predicted molar refractivity (Wildman–Crippen MR) is 140 cm³/mol. The van der Waals surface area contributed by atoms with Gasteiger partial charge in [0, 0.05) is 39.9 Å². The molecule has 0 bridgehead atoms. The lowest BCUT2D eigenvalue weighted by Gasteiger charge is -2.15. The van der Waals surface area contributed by atoms with E-state index in [0.29, 0.717) is 47.0 Å². The predicted octanol–water partition coefficient (Wildman–Crippen LogP) is 7.57. The highest BCUT2D eigenvalue weighted by molar-refractivity contribution is 6.35. The van der Waals surface area contributed by atoms with E-state index in [4.69, 9.17) is 32.7 Å². The highest BCUT2D eigenvalue weighted by Crippen LogP contribution is 2.32. The van der Waals surface area contributed by atoms with Crippen molar-refractivity contribution in [3.63, 3.8) is 0 Å². The molecule has 0 saturated carbocycles. The van der Waals surface area contributed by atoms with Crippen LogP contribution in [-0.2, 0) is 17.9 Å². The molecule has 180 valence electrons. The third-order valence-electron chi connectivity index (χ3n) is 4.98. The Morgan fingerprint density at radius 1 is 0.912 bits per heavy atom. The van der Waals surface area contributed by atoms with Crippen molar-refractivity contribution in [3.05, 3.63) is 81.8 Å². The fraction of sp³-hybridized carbons (Fsp3) is 0.296. The minimum Gasteiger partial charge on any atom is -0.490 e. The number of rotatable bonds is 11. The summed E-state index contributed by atoms with van der Waals surface area (Å²) in [7, 11) is 0. The molecule has 0 heterocycles. The first-order valence-electron chi connectivity index (χ1n) is 11.3. The molecule has 34 heavy (non-hydrogen) atoms. The average Bonchev–Trinajstić information content (AvgIpc) is 2.78. The van der Waals surface area contributed by atoms with Crippen molar-refractivity contribution < 1.29 is 14.3 Å². The van der Waals surface area contributed by atoms with Gasteiger partial charge in [-0.25, -0.2) is 0 Å². The van der Waals surface area contributed by atoms with Gasteiger partial charge in [0.2, 0.25) is 5.91 Å². The number of hydrogen-bond donors (Lipinski definition) is 2. The molecule has 0 saturated heterocycles. The van der Waals surface area contributed by atoms with E-state index in [1.807, 2.05) is 63.2 Å². The lowest BCUT2D eigenvalue weighted by atomic mass is 10.1. The van der Waals surface area contributed by atoms with Crippen molar-refractivity contribution in [1.29, 1.82) is 0 Å². The number of hydrogen-bond acceptors (Lipinski definition) is 4. The Bertz CT molecular complexity index is 1100. The monoisotopic (exact) mass is 500 g/mol. The first-order valence-corrected chi connectivity index (χ1v) is 12.1. The zero-order valence-electron chi connectivity index (χ0n) is 19.7. The number of carbonyl (C=O) groups excluding carboxylic acids is 1. The molecular formula is C27H30Cl2N2O3. The normalized spacial score (nSPS) is 10.8. The maximum Gasteiger partial charge on any atom is 0.224 e. The number of amides is 1. The molecule has 0 aromatic heterocycles. The summed E-state index contributed by atoms with van der Waals surface area (Å²) in [6, 6.07) is 18.9. The van der Waals surface area contributed by atoms with Crippen LogP contribution in [0.5, 0.6) is 11.5 Å². The maximum atomic E-state index is 12.1. The Morgan fingerprint density at radius 2 is 1.62 bits per heavy atom. The second kappa shape index (κ2) is 12.5. The Balaban J connectivity index is 1.65. The van der Waals surface area contributed by atoms with E-state index in [-0.39, 0.29) is 12.5 Å². The van der Waals surface area contributed by atoms with Gasteiger partial charge in [-0.05, 0) is 60.9 Å². The van der Waals surface area contributed by atoms with E-state index >= 15 is 0 Å². The highest BCUT2D eigenvalue weighted by atomic mass is 35.5. The Labute approximate surface area is 211 Å². The standard InChI is InChI=1S/C27H30Cl2N2O3/c1-4-33-26-14-19(11-12-25(26)34-17-22-23(28)9-6-10-24(22)29)16-30-20-7-5-8-21(15-20)31-27(32)13-18(2)3/h5-12,14-15,18,30H,4,13,16-17H2,1-3H3,(H,31,32). The van der Waals surface area contributed by atoms with Crippen molar-refractivity contribution in [1.82, 2.24) is 0 Å². The van der Waals surface area contributed by atoms with Crippen molar-refractivity contribution >= 4 is 40.5 Å². The largest absolute Gasteiger partial charge is 0.490 e. The van der Waals surface area contributed by atoms with Gasteiger partial charge in [-0.2, -0.15) is 0 Å². The van der Waals surface area contributed by atoms with Gasteiger partial charge >= 0.3 is 0 Å². The van der Waals surface area contributed by atoms with Gasteiger partial charge in [0.15, 0.2) is 11.5 Å². The molecule has 0 spiro atoms. The Kier molecular flexibility index (Phi) is 9.49. The van der Waals surface area contributed by atoms with E-state index in [9.17, 15) is 4.79 Å². The summed E-state index contributed by atoms with van der Waals surface area (Å²) in [4.78, 5) is 12.1. The van der Waals surface area contributed by atoms with E-state index in [1.54, 1.807) is 18.2 Å². The van der Waals surface area contributed by atoms with Crippen LogP contribution in [0.25, 0.3) is 0 Å². The quantitative estimate of drug-likeness (QED) is 0.285. The van der Waals surface area contributed by atoms with Crippen molar-refractivity contribution in [3.8, 4) is 11.5 Å². The summed E-state index contributed by atoms with van der Waals surface area (Å²) in [5, 5.41) is 7.47. The topological polar surface area (TPSA) is 59.6 Å². The van der Waals surface area contributed by atoms with Crippen LogP contribution in [-0.4, -0.2) is 12.5 Å². The number of carbonyl (C=O) groups is 1. The van der Waals surface area contributed by atoms with Gasteiger partial charge in [0.05, 0.1) is 6.61 Å². The van der Waals surface area contributed by atoms with Crippen LogP contribution < -0.4 is 20.1 Å². The van der Waals surface area contributed by atoms with Crippen LogP contribution >= 0.6 is 23.2 Å².